The Kier molecular flexibility index (Phi) is 8.91. The summed E-state index contributed by atoms with van der Waals surface area (Å²) in [5.74, 6) is 4.58. The second-order valence-corrected chi connectivity index (χ2v) is 7.33. The van der Waals surface area contributed by atoms with Crippen LogP contribution >= 0.6 is 0 Å². The van der Waals surface area contributed by atoms with Gasteiger partial charge in [-0.3, -0.25) is 10.1 Å². The second-order valence-electron chi connectivity index (χ2n) is 7.33. The zero-order chi connectivity index (χ0) is 21.2. The number of ether oxygens (including phenoxy) is 2. The molecule has 0 radical (unpaired) electrons. The van der Waals surface area contributed by atoms with Crippen LogP contribution in [0.5, 0.6) is 5.75 Å². The lowest BCUT2D eigenvalue weighted by Gasteiger charge is -2.20. The van der Waals surface area contributed by atoms with Crippen molar-refractivity contribution in [2.75, 3.05) is 11.9 Å². The van der Waals surface area contributed by atoms with Crippen LogP contribution in [-0.4, -0.2) is 29.4 Å². The molecule has 0 spiro atoms. The zero-order valence-corrected chi connectivity index (χ0v) is 16.6. The fourth-order valence-corrected chi connectivity index (χ4v) is 2.36. The minimum absolute atomic E-state index is 0.0104. The molecule has 6 nitrogen and oxygen atoms in total. The number of rotatable bonds is 8. The van der Waals surface area contributed by atoms with E-state index in [0.717, 1.165) is 0 Å². The lowest BCUT2D eigenvalue weighted by atomic mass is 10.0. The molecular weight excluding hydrogens is 358 g/mol. The molecule has 6 heteroatoms. The van der Waals surface area contributed by atoms with Crippen molar-refractivity contribution in [1.82, 2.24) is 0 Å². The topological polar surface area (TPSA) is 84.9 Å². The minimum atomic E-state index is -0.655. The summed E-state index contributed by atoms with van der Waals surface area (Å²) in [6.07, 6.45) is 11.2. The van der Waals surface area contributed by atoms with Gasteiger partial charge < -0.3 is 14.6 Å². The van der Waals surface area contributed by atoms with Crippen molar-refractivity contribution < 1.29 is 24.2 Å². The van der Waals surface area contributed by atoms with E-state index in [1.165, 1.54) is 12.1 Å². The maximum atomic E-state index is 12.0. The van der Waals surface area contributed by atoms with Crippen molar-refractivity contribution in [3.05, 3.63) is 23.8 Å². The molecule has 0 unspecified atom stereocenters. The molecule has 150 valence electrons. The number of carbonyl (C=O) groups excluding carboxylic acids is 2. The number of phenolic OH excluding ortho intramolecular Hbond substituents is 1. The third-order valence-electron chi connectivity index (χ3n) is 3.62. The third-order valence-corrected chi connectivity index (χ3v) is 3.62. The number of carbonyl (C=O) groups is 2. The molecule has 1 aromatic rings. The normalized spacial score (nSPS) is 10.6. The molecule has 0 aliphatic carbocycles. The van der Waals surface area contributed by atoms with E-state index < -0.39 is 17.7 Å². The first-order valence-electron chi connectivity index (χ1n) is 8.99. The fraction of sp³-hybridized carbons (Fsp3) is 0.455. The Hall–Kier alpha value is -3.12. The maximum absolute atomic E-state index is 12.0. The molecule has 0 heterocycles. The number of benzene rings is 1. The first-order chi connectivity index (χ1) is 13.1. The largest absolute Gasteiger partial charge is 0.508 e. The summed E-state index contributed by atoms with van der Waals surface area (Å²) in [6.45, 7) is 5.42. The molecule has 1 aromatic carbocycles. The molecule has 1 amide bonds. The van der Waals surface area contributed by atoms with Crippen molar-refractivity contribution in [1.29, 1.82) is 0 Å². The second kappa shape index (κ2) is 10.9. The van der Waals surface area contributed by atoms with Gasteiger partial charge in [0.05, 0.1) is 12.3 Å². The average molecular weight is 385 g/mol. The smallest absolute Gasteiger partial charge is 0.412 e. The van der Waals surface area contributed by atoms with Gasteiger partial charge in [0.2, 0.25) is 0 Å². The Morgan fingerprint density at radius 1 is 1.21 bits per heavy atom. The predicted octanol–water partition coefficient (Wildman–Crippen LogP) is 3.88. The number of aromatic hydroxyl groups is 1. The highest BCUT2D eigenvalue weighted by molar-refractivity contribution is 5.86. The number of amides is 1. The number of nitrogens with one attached hydrogen (secondary N) is 1. The summed E-state index contributed by atoms with van der Waals surface area (Å²) in [5.41, 5.74) is 0.391. The highest BCUT2D eigenvalue weighted by atomic mass is 16.6. The van der Waals surface area contributed by atoms with Gasteiger partial charge in [-0.25, -0.2) is 4.79 Å². The zero-order valence-electron chi connectivity index (χ0n) is 16.6. The lowest BCUT2D eigenvalue weighted by Crippen LogP contribution is -2.27. The van der Waals surface area contributed by atoms with Crippen LogP contribution in [0.3, 0.4) is 0 Å². The highest BCUT2D eigenvalue weighted by Crippen LogP contribution is 2.24. The van der Waals surface area contributed by atoms with Crippen LogP contribution < -0.4 is 5.32 Å². The lowest BCUT2D eigenvalue weighted by molar-refractivity contribution is -0.144. The Balaban J connectivity index is 2.66. The quantitative estimate of drug-likeness (QED) is 0.524. The van der Waals surface area contributed by atoms with Crippen LogP contribution in [0.4, 0.5) is 10.5 Å². The molecule has 0 aliphatic rings. The maximum Gasteiger partial charge on any atom is 0.412 e. The summed E-state index contributed by atoms with van der Waals surface area (Å²) in [7, 11) is 0. The van der Waals surface area contributed by atoms with Crippen LogP contribution in [0, 0.1) is 30.6 Å². The van der Waals surface area contributed by atoms with E-state index >= 15 is 0 Å². The Labute approximate surface area is 166 Å². The van der Waals surface area contributed by atoms with E-state index in [1.807, 2.05) is 0 Å². The van der Waals surface area contributed by atoms with E-state index in [4.69, 9.17) is 22.3 Å². The molecule has 0 atom stereocenters. The van der Waals surface area contributed by atoms with Crippen LogP contribution in [0.25, 0.3) is 0 Å². The standard InChI is InChI=1S/C22H27NO5/c1-6-8-16(9-7-2)15-27-20(25)13-11-17-10-12-18(24)14-19(17)23-21(26)28-22(3,4)5/h1-2,10,12,14,16,24H,8-9,11,13,15H2,3-5H3,(H,23,26). The number of phenols is 1. The Morgan fingerprint density at radius 2 is 1.86 bits per heavy atom. The van der Waals surface area contributed by atoms with Crippen LogP contribution in [0.15, 0.2) is 18.2 Å². The molecule has 1 rings (SSSR count). The van der Waals surface area contributed by atoms with E-state index in [9.17, 15) is 14.7 Å². The number of anilines is 1. The molecule has 0 fully saturated rings. The first-order valence-corrected chi connectivity index (χ1v) is 8.99. The van der Waals surface area contributed by atoms with Gasteiger partial charge in [-0.15, -0.1) is 24.7 Å². The third kappa shape index (κ3) is 9.00. The van der Waals surface area contributed by atoms with Crippen LogP contribution in [0.2, 0.25) is 0 Å². The molecule has 0 aromatic heterocycles. The van der Waals surface area contributed by atoms with Crippen molar-refractivity contribution in [3.63, 3.8) is 0 Å². The summed E-state index contributed by atoms with van der Waals surface area (Å²) < 4.78 is 10.5. The molecule has 28 heavy (non-hydrogen) atoms. The van der Waals surface area contributed by atoms with Crippen LogP contribution in [0.1, 0.15) is 45.6 Å². The van der Waals surface area contributed by atoms with Gasteiger partial charge in [-0.1, -0.05) is 6.07 Å². The average Bonchev–Trinajstić information content (AvgIpc) is 2.57. The van der Waals surface area contributed by atoms with Gasteiger partial charge >= 0.3 is 12.1 Å². The highest BCUT2D eigenvalue weighted by Gasteiger charge is 2.18. The Morgan fingerprint density at radius 3 is 2.43 bits per heavy atom. The molecule has 2 N–H and O–H groups in total. The van der Waals surface area contributed by atoms with Crippen molar-refractivity contribution in [3.8, 4) is 30.4 Å². The number of hydrogen-bond acceptors (Lipinski definition) is 5. The SMILES string of the molecule is C#CCC(CC#C)COC(=O)CCc1ccc(O)cc1NC(=O)OC(C)(C)C. The molecular formula is C22H27NO5. The summed E-state index contributed by atoms with van der Waals surface area (Å²) in [6, 6.07) is 4.52. The van der Waals surface area contributed by atoms with E-state index in [2.05, 4.69) is 17.2 Å². The van der Waals surface area contributed by atoms with Gasteiger partial charge in [0, 0.05) is 31.2 Å². The number of esters is 1. The Bertz CT molecular complexity index is 749. The van der Waals surface area contributed by atoms with Gasteiger partial charge in [-0.2, -0.15) is 0 Å². The van der Waals surface area contributed by atoms with E-state index in [1.54, 1.807) is 26.8 Å². The van der Waals surface area contributed by atoms with Gasteiger partial charge in [0.1, 0.15) is 11.4 Å². The first kappa shape index (κ1) is 22.9. The summed E-state index contributed by atoms with van der Waals surface area (Å²) in [4.78, 5) is 24.0. The monoisotopic (exact) mass is 385 g/mol. The number of aryl methyl sites for hydroxylation is 1. The fourth-order valence-electron chi connectivity index (χ4n) is 2.36. The molecule has 0 saturated heterocycles. The minimum Gasteiger partial charge on any atom is -0.508 e. The number of hydrogen-bond donors (Lipinski definition) is 2. The molecule has 0 saturated carbocycles. The van der Waals surface area contributed by atoms with E-state index in [-0.39, 0.29) is 24.7 Å². The predicted molar refractivity (Wildman–Crippen MR) is 108 cm³/mol. The molecule has 0 bridgehead atoms. The van der Waals surface area contributed by atoms with Gasteiger partial charge in [-0.05, 0) is 38.8 Å². The van der Waals surface area contributed by atoms with E-state index in [0.29, 0.717) is 30.5 Å². The summed E-state index contributed by atoms with van der Waals surface area (Å²) in [5, 5.41) is 12.3. The van der Waals surface area contributed by atoms with Crippen molar-refractivity contribution >= 4 is 17.7 Å². The van der Waals surface area contributed by atoms with Crippen molar-refractivity contribution in [2.24, 2.45) is 5.92 Å². The van der Waals surface area contributed by atoms with Crippen LogP contribution in [-0.2, 0) is 20.7 Å². The van der Waals surface area contributed by atoms with Crippen molar-refractivity contribution in [2.45, 2.75) is 52.1 Å². The summed E-state index contributed by atoms with van der Waals surface area (Å²) >= 11 is 0. The number of terminal acetylenes is 2. The van der Waals surface area contributed by atoms with Gasteiger partial charge in [0.25, 0.3) is 0 Å². The molecule has 0 aliphatic heterocycles. The van der Waals surface area contributed by atoms with Gasteiger partial charge in [0.15, 0.2) is 0 Å².